The molecule has 3 N–H and O–H groups in total. The third kappa shape index (κ3) is 3.81. The van der Waals surface area contributed by atoms with E-state index in [1.807, 2.05) is 11.0 Å². The molecule has 0 aromatic carbocycles. The van der Waals surface area contributed by atoms with Crippen molar-refractivity contribution in [3.8, 4) is 0 Å². The van der Waals surface area contributed by atoms with Crippen molar-refractivity contribution in [2.75, 3.05) is 32.5 Å². The van der Waals surface area contributed by atoms with Crippen LogP contribution in [0.5, 0.6) is 0 Å². The molecule has 10 nitrogen and oxygen atoms in total. The highest BCUT2D eigenvalue weighted by molar-refractivity contribution is 5.98. The molecule has 2 aliphatic carbocycles. The molecule has 0 spiro atoms. The number of amides is 2. The van der Waals surface area contributed by atoms with E-state index in [2.05, 4.69) is 19.9 Å². The number of rotatable bonds is 5. The monoisotopic (exact) mass is 474 g/mol. The van der Waals surface area contributed by atoms with Gasteiger partial charge in [0.05, 0.1) is 5.56 Å². The summed E-state index contributed by atoms with van der Waals surface area (Å²) in [7, 11) is 3.52. The third-order valence-electron chi connectivity index (χ3n) is 7.63. The second kappa shape index (κ2) is 8.01. The molecule has 2 saturated carbocycles. The highest BCUT2D eigenvalue weighted by atomic mass is 16.2. The van der Waals surface area contributed by atoms with E-state index in [9.17, 15) is 9.59 Å². The molecule has 182 valence electrons. The molecule has 3 aromatic rings. The molecule has 2 atom stereocenters. The second-order valence-corrected chi connectivity index (χ2v) is 10.4. The van der Waals surface area contributed by atoms with Crippen LogP contribution in [0.15, 0.2) is 30.6 Å². The van der Waals surface area contributed by atoms with Crippen molar-refractivity contribution < 1.29 is 9.59 Å². The lowest BCUT2D eigenvalue weighted by Gasteiger charge is -2.19. The van der Waals surface area contributed by atoms with E-state index < -0.39 is 0 Å². The fourth-order valence-electron chi connectivity index (χ4n) is 5.57. The molecule has 1 aliphatic heterocycles. The lowest BCUT2D eigenvalue weighted by molar-refractivity contribution is 0.0771. The molecule has 1 unspecified atom stereocenters. The average molecular weight is 475 g/mol. The number of nitrogens with zero attached hydrogens (tertiary/aromatic N) is 6. The fraction of sp³-hybridized carbons (Fsp3) is 0.480. The van der Waals surface area contributed by atoms with Crippen LogP contribution in [0.2, 0.25) is 0 Å². The number of pyridine rings is 1. The normalized spacial score (nSPS) is 23.5. The zero-order valence-corrected chi connectivity index (χ0v) is 20.1. The summed E-state index contributed by atoms with van der Waals surface area (Å²) in [4.78, 5) is 42.7. The summed E-state index contributed by atoms with van der Waals surface area (Å²) in [5.74, 6) is 1.30. The van der Waals surface area contributed by atoms with Crippen molar-refractivity contribution in [1.29, 1.82) is 0 Å². The van der Waals surface area contributed by atoms with E-state index in [0.29, 0.717) is 35.5 Å². The van der Waals surface area contributed by atoms with Gasteiger partial charge in [-0.25, -0.2) is 9.97 Å². The van der Waals surface area contributed by atoms with Gasteiger partial charge in [-0.3, -0.25) is 9.59 Å². The van der Waals surface area contributed by atoms with Crippen LogP contribution < -0.4 is 11.1 Å². The van der Waals surface area contributed by atoms with Gasteiger partial charge in [0.15, 0.2) is 0 Å². The van der Waals surface area contributed by atoms with Gasteiger partial charge in [-0.1, -0.05) is 12.8 Å². The number of piperidine rings is 1. The minimum Gasteiger partial charge on any atom is -0.343 e. The van der Waals surface area contributed by atoms with Gasteiger partial charge >= 0.3 is 0 Å². The molecule has 4 heterocycles. The highest BCUT2D eigenvalue weighted by Crippen LogP contribution is 2.47. The predicted molar refractivity (Wildman–Crippen MR) is 131 cm³/mol. The Balaban J connectivity index is 1.24. The number of carbonyl (C=O) groups excluding carboxylic acids is 2. The summed E-state index contributed by atoms with van der Waals surface area (Å²) in [6.45, 7) is 1.34. The molecule has 35 heavy (non-hydrogen) atoms. The van der Waals surface area contributed by atoms with Crippen LogP contribution in [-0.2, 0) is 0 Å². The number of nitrogens with one attached hydrogen (secondary N) is 1. The predicted octanol–water partition coefficient (Wildman–Crippen LogP) is 2.56. The van der Waals surface area contributed by atoms with Gasteiger partial charge in [0.1, 0.15) is 17.2 Å². The van der Waals surface area contributed by atoms with Crippen LogP contribution in [0.4, 0.5) is 11.8 Å². The molecular formula is C25H30N8O2. The van der Waals surface area contributed by atoms with Gasteiger partial charge in [0, 0.05) is 56.5 Å². The number of fused-ring (bicyclic) bond motifs is 2. The van der Waals surface area contributed by atoms with E-state index >= 15 is 0 Å². The molecular weight excluding hydrogens is 444 g/mol. The van der Waals surface area contributed by atoms with Crippen LogP contribution in [-0.4, -0.2) is 73.9 Å². The zero-order chi connectivity index (χ0) is 24.3. The number of aromatic nitrogens is 4. The number of nitrogens with two attached hydrogens (primary N) is 1. The van der Waals surface area contributed by atoms with Crippen molar-refractivity contribution >= 4 is 34.6 Å². The van der Waals surface area contributed by atoms with Crippen molar-refractivity contribution in [2.45, 2.75) is 43.7 Å². The van der Waals surface area contributed by atoms with E-state index in [1.54, 1.807) is 43.5 Å². The summed E-state index contributed by atoms with van der Waals surface area (Å²) in [5.41, 5.74) is 7.99. The summed E-state index contributed by atoms with van der Waals surface area (Å²) in [6.07, 6.45) is 8.68. The number of hydrogen-bond donors (Lipinski definition) is 2. The van der Waals surface area contributed by atoms with E-state index in [4.69, 9.17) is 10.7 Å². The first-order valence-corrected chi connectivity index (χ1v) is 12.2. The molecule has 0 bridgehead atoms. The van der Waals surface area contributed by atoms with Gasteiger partial charge in [-0.15, -0.1) is 0 Å². The maximum Gasteiger partial charge on any atom is 0.270 e. The standard InChI is InChI=1S/C25H30N8O2/c1-31(2)23(35)19-9-16-12-28-24(30-21(16)33(19)18-5-3-4-6-18)29-20-8-7-15(11-27-20)22(34)32-13-17-10-25(17,26)14-32/h7-9,11-12,17-18H,3-6,10,13-14,26H2,1-2H3,(H,27,28,29,30)/t17?,25-/m1/s1. The van der Waals surface area contributed by atoms with Gasteiger partial charge in [0.2, 0.25) is 5.95 Å². The van der Waals surface area contributed by atoms with Gasteiger partial charge in [-0.05, 0) is 43.4 Å². The van der Waals surface area contributed by atoms with E-state index in [0.717, 1.165) is 49.7 Å². The van der Waals surface area contributed by atoms with Crippen LogP contribution in [0, 0.1) is 5.92 Å². The summed E-state index contributed by atoms with van der Waals surface area (Å²) >= 11 is 0. The van der Waals surface area contributed by atoms with Crippen molar-refractivity contribution in [2.24, 2.45) is 11.7 Å². The van der Waals surface area contributed by atoms with E-state index in [-0.39, 0.29) is 23.4 Å². The Morgan fingerprint density at radius 1 is 1.17 bits per heavy atom. The average Bonchev–Trinajstić information content (AvgIpc) is 3.28. The Hall–Kier alpha value is -3.53. The number of anilines is 2. The summed E-state index contributed by atoms with van der Waals surface area (Å²) in [6, 6.07) is 5.65. The first-order chi connectivity index (χ1) is 16.8. The molecule has 0 radical (unpaired) electrons. The number of carbonyl (C=O) groups is 2. The minimum absolute atomic E-state index is 0.0359. The van der Waals surface area contributed by atoms with Crippen LogP contribution in [0.3, 0.4) is 0 Å². The Morgan fingerprint density at radius 3 is 2.63 bits per heavy atom. The Morgan fingerprint density at radius 2 is 1.97 bits per heavy atom. The first kappa shape index (κ1) is 22.0. The Labute approximate surface area is 203 Å². The Bertz CT molecular complexity index is 1310. The van der Waals surface area contributed by atoms with Gasteiger partial charge in [-0.2, -0.15) is 4.98 Å². The SMILES string of the molecule is CN(C)C(=O)c1cc2cnc(Nc3ccc(C(=O)N4CC5C[C@@]5(N)C4)cn3)nc2n1C1CCCC1. The lowest BCUT2D eigenvalue weighted by Crippen LogP contribution is -2.37. The van der Waals surface area contributed by atoms with Crippen LogP contribution in [0.1, 0.15) is 59.0 Å². The van der Waals surface area contributed by atoms with Crippen LogP contribution >= 0.6 is 0 Å². The number of likely N-dealkylation sites (tertiary alicyclic amines) is 1. The van der Waals surface area contributed by atoms with Crippen LogP contribution in [0.25, 0.3) is 11.0 Å². The molecule has 2 amide bonds. The number of hydrogen-bond acceptors (Lipinski definition) is 7. The molecule has 1 saturated heterocycles. The van der Waals surface area contributed by atoms with Gasteiger partial charge < -0.3 is 25.4 Å². The first-order valence-electron chi connectivity index (χ1n) is 12.2. The minimum atomic E-state index is -0.173. The third-order valence-corrected chi connectivity index (χ3v) is 7.63. The summed E-state index contributed by atoms with van der Waals surface area (Å²) in [5, 5.41) is 3.98. The molecule has 6 rings (SSSR count). The van der Waals surface area contributed by atoms with Crippen molar-refractivity contribution in [3.05, 3.63) is 41.9 Å². The quantitative estimate of drug-likeness (QED) is 0.583. The van der Waals surface area contributed by atoms with Crippen molar-refractivity contribution in [1.82, 2.24) is 29.3 Å². The topological polar surface area (TPSA) is 122 Å². The highest BCUT2D eigenvalue weighted by Gasteiger charge is 2.58. The second-order valence-electron chi connectivity index (χ2n) is 10.4. The fourth-order valence-corrected chi connectivity index (χ4v) is 5.57. The summed E-state index contributed by atoms with van der Waals surface area (Å²) < 4.78 is 2.08. The maximum absolute atomic E-state index is 12.9. The van der Waals surface area contributed by atoms with E-state index in [1.165, 1.54) is 0 Å². The lowest BCUT2D eigenvalue weighted by atomic mass is 10.2. The largest absolute Gasteiger partial charge is 0.343 e. The molecule has 3 aromatic heterocycles. The maximum atomic E-state index is 12.9. The molecule has 10 heteroatoms. The zero-order valence-electron chi connectivity index (χ0n) is 20.1. The molecule has 3 aliphatic rings. The molecule has 3 fully saturated rings. The van der Waals surface area contributed by atoms with Gasteiger partial charge in [0.25, 0.3) is 11.8 Å². The smallest absolute Gasteiger partial charge is 0.270 e. The van der Waals surface area contributed by atoms with Crippen molar-refractivity contribution in [3.63, 3.8) is 0 Å². The Kier molecular flexibility index (Phi) is 5.03.